The summed E-state index contributed by atoms with van der Waals surface area (Å²) in [6.07, 6.45) is 5.60. The molecule has 2 aromatic rings. The second kappa shape index (κ2) is 8.35. The fraction of sp³-hybridized carbons (Fsp3) is 0.500. The Morgan fingerprint density at radius 1 is 1.30 bits per heavy atom. The fourth-order valence-corrected chi connectivity index (χ4v) is 2.83. The van der Waals surface area contributed by atoms with Gasteiger partial charge in [-0.15, -0.1) is 0 Å². The van der Waals surface area contributed by atoms with Gasteiger partial charge in [-0.3, -0.25) is 0 Å². The van der Waals surface area contributed by atoms with Crippen LogP contribution in [-0.2, 0) is 17.8 Å². The van der Waals surface area contributed by atoms with Crippen LogP contribution in [0.15, 0.2) is 30.5 Å². The van der Waals surface area contributed by atoms with E-state index in [-0.39, 0.29) is 0 Å². The van der Waals surface area contributed by atoms with Gasteiger partial charge in [-0.2, -0.15) is 11.8 Å². The third-order valence-electron chi connectivity index (χ3n) is 3.45. The Bertz CT molecular complexity index is 524. The molecule has 1 heterocycles. The Kier molecular flexibility index (Phi) is 6.43. The average molecular weight is 292 g/mol. The number of hydrogen-bond donors (Lipinski definition) is 1. The number of rotatable bonds is 9. The van der Waals surface area contributed by atoms with Crippen molar-refractivity contribution in [2.45, 2.75) is 19.5 Å². The van der Waals surface area contributed by atoms with E-state index in [9.17, 15) is 0 Å². The van der Waals surface area contributed by atoms with Gasteiger partial charge in [0.2, 0.25) is 0 Å². The van der Waals surface area contributed by atoms with Gasteiger partial charge < -0.3 is 14.6 Å². The molecular formula is C16H24N2OS. The molecule has 0 aliphatic carbocycles. The summed E-state index contributed by atoms with van der Waals surface area (Å²) >= 11 is 1.91. The summed E-state index contributed by atoms with van der Waals surface area (Å²) in [4.78, 5) is 0. The predicted molar refractivity (Wildman–Crippen MR) is 88.5 cm³/mol. The van der Waals surface area contributed by atoms with Crippen molar-refractivity contribution in [3.8, 4) is 0 Å². The van der Waals surface area contributed by atoms with Gasteiger partial charge in [-0.1, -0.05) is 12.1 Å². The molecule has 0 saturated carbocycles. The monoisotopic (exact) mass is 292 g/mol. The molecule has 0 aliphatic rings. The van der Waals surface area contributed by atoms with Crippen LogP contribution in [-0.4, -0.2) is 36.8 Å². The number of ether oxygens (including phenoxy) is 1. The molecular weight excluding hydrogens is 268 g/mol. The Hall–Kier alpha value is -0.970. The first kappa shape index (κ1) is 15.4. The Balaban J connectivity index is 2.04. The van der Waals surface area contributed by atoms with Gasteiger partial charge in [0.1, 0.15) is 0 Å². The van der Waals surface area contributed by atoms with Crippen molar-refractivity contribution in [3.63, 3.8) is 0 Å². The first-order chi connectivity index (χ1) is 9.86. The van der Waals surface area contributed by atoms with Gasteiger partial charge in [0.15, 0.2) is 0 Å². The molecule has 110 valence electrons. The highest BCUT2D eigenvalue weighted by Gasteiger charge is 2.05. The minimum atomic E-state index is 0.756. The first-order valence-electron chi connectivity index (χ1n) is 7.12. The maximum absolute atomic E-state index is 5.06. The van der Waals surface area contributed by atoms with E-state index >= 15 is 0 Å². The normalized spacial score (nSPS) is 11.3. The summed E-state index contributed by atoms with van der Waals surface area (Å²) in [5, 5.41) is 4.78. The highest BCUT2D eigenvalue weighted by molar-refractivity contribution is 7.98. The molecule has 0 radical (unpaired) electrons. The van der Waals surface area contributed by atoms with Crippen LogP contribution in [0.1, 0.15) is 12.0 Å². The molecule has 20 heavy (non-hydrogen) atoms. The van der Waals surface area contributed by atoms with Crippen molar-refractivity contribution in [2.75, 3.05) is 32.3 Å². The van der Waals surface area contributed by atoms with Crippen LogP contribution in [0.5, 0.6) is 0 Å². The van der Waals surface area contributed by atoms with Crippen LogP contribution in [0.3, 0.4) is 0 Å². The number of benzene rings is 1. The second-order valence-electron chi connectivity index (χ2n) is 4.87. The number of fused-ring (bicyclic) bond motifs is 1. The molecule has 1 aromatic heterocycles. The molecule has 0 aliphatic heterocycles. The average Bonchev–Trinajstić information content (AvgIpc) is 2.88. The topological polar surface area (TPSA) is 26.2 Å². The molecule has 4 heteroatoms. The maximum atomic E-state index is 5.06. The van der Waals surface area contributed by atoms with Crippen molar-refractivity contribution in [3.05, 3.63) is 36.0 Å². The highest BCUT2D eigenvalue weighted by atomic mass is 32.2. The number of hydrogen-bond acceptors (Lipinski definition) is 3. The van der Waals surface area contributed by atoms with Gasteiger partial charge in [0, 0.05) is 43.8 Å². The zero-order valence-electron chi connectivity index (χ0n) is 12.4. The molecule has 0 atom stereocenters. The van der Waals surface area contributed by atoms with Crippen LogP contribution in [0.25, 0.3) is 10.9 Å². The smallest absolute Gasteiger partial charge is 0.0587 e. The van der Waals surface area contributed by atoms with Crippen molar-refractivity contribution < 1.29 is 4.74 Å². The molecule has 0 fully saturated rings. The number of nitrogens with zero attached hydrogens (tertiary/aromatic N) is 1. The SMILES string of the molecule is COCCNCc1cccc2c1ccn2CCCSC. The zero-order valence-corrected chi connectivity index (χ0v) is 13.2. The summed E-state index contributed by atoms with van der Waals surface area (Å²) in [6, 6.07) is 8.81. The highest BCUT2D eigenvalue weighted by Crippen LogP contribution is 2.20. The second-order valence-corrected chi connectivity index (χ2v) is 5.86. The number of aromatic nitrogens is 1. The van der Waals surface area contributed by atoms with E-state index in [1.54, 1.807) is 7.11 Å². The summed E-state index contributed by atoms with van der Waals surface area (Å²) in [5.74, 6) is 1.22. The Morgan fingerprint density at radius 2 is 2.20 bits per heavy atom. The molecule has 3 nitrogen and oxygen atoms in total. The van der Waals surface area contributed by atoms with Gasteiger partial charge >= 0.3 is 0 Å². The lowest BCUT2D eigenvalue weighted by molar-refractivity contribution is 0.199. The molecule has 2 rings (SSSR count). The molecule has 1 N–H and O–H groups in total. The van der Waals surface area contributed by atoms with E-state index < -0.39 is 0 Å². The molecule has 0 saturated heterocycles. The lowest BCUT2D eigenvalue weighted by atomic mass is 10.1. The predicted octanol–water partition coefficient (Wildman–Crippen LogP) is 3.13. The van der Waals surface area contributed by atoms with Gasteiger partial charge in [0.05, 0.1) is 6.61 Å². The van der Waals surface area contributed by atoms with E-state index in [4.69, 9.17) is 4.74 Å². The van der Waals surface area contributed by atoms with Crippen molar-refractivity contribution in [1.82, 2.24) is 9.88 Å². The van der Waals surface area contributed by atoms with Gasteiger partial charge in [-0.25, -0.2) is 0 Å². The van der Waals surface area contributed by atoms with Crippen LogP contribution in [0.2, 0.25) is 0 Å². The quantitative estimate of drug-likeness (QED) is 0.719. The minimum absolute atomic E-state index is 0.756. The van der Waals surface area contributed by atoms with E-state index in [0.717, 1.165) is 26.2 Å². The zero-order chi connectivity index (χ0) is 14.2. The van der Waals surface area contributed by atoms with E-state index in [2.05, 4.69) is 46.6 Å². The largest absolute Gasteiger partial charge is 0.383 e. The fourth-order valence-electron chi connectivity index (χ4n) is 2.41. The molecule has 0 unspecified atom stereocenters. The maximum Gasteiger partial charge on any atom is 0.0587 e. The van der Waals surface area contributed by atoms with Crippen molar-refractivity contribution in [2.24, 2.45) is 0 Å². The summed E-state index contributed by atoms with van der Waals surface area (Å²) in [7, 11) is 1.73. The van der Waals surface area contributed by atoms with Crippen molar-refractivity contribution in [1.29, 1.82) is 0 Å². The molecule has 0 amide bonds. The van der Waals surface area contributed by atoms with E-state index in [1.807, 2.05) is 11.8 Å². The third-order valence-corrected chi connectivity index (χ3v) is 4.15. The summed E-state index contributed by atoms with van der Waals surface area (Å²) in [6.45, 7) is 3.65. The molecule has 0 spiro atoms. The van der Waals surface area contributed by atoms with Crippen LogP contribution >= 0.6 is 11.8 Å². The first-order valence-corrected chi connectivity index (χ1v) is 8.51. The Morgan fingerprint density at radius 3 is 3.00 bits per heavy atom. The standard InChI is InChI=1S/C16H24N2OS/c1-19-11-8-17-13-14-5-3-6-16-15(14)7-10-18(16)9-4-12-20-2/h3,5-7,10,17H,4,8-9,11-13H2,1-2H3. The van der Waals surface area contributed by atoms with Crippen LogP contribution in [0, 0.1) is 0 Å². The van der Waals surface area contributed by atoms with Crippen LogP contribution in [0.4, 0.5) is 0 Å². The lowest BCUT2D eigenvalue weighted by Gasteiger charge is -2.08. The number of aryl methyl sites for hydroxylation is 1. The minimum Gasteiger partial charge on any atom is -0.383 e. The number of thioether (sulfide) groups is 1. The summed E-state index contributed by atoms with van der Waals surface area (Å²) < 4.78 is 7.42. The van der Waals surface area contributed by atoms with Crippen molar-refractivity contribution >= 4 is 22.7 Å². The third kappa shape index (κ3) is 4.01. The van der Waals surface area contributed by atoms with Gasteiger partial charge in [-0.05, 0) is 36.1 Å². The molecule has 0 bridgehead atoms. The number of methoxy groups -OCH3 is 1. The number of nitrogens with one attached hydrogen (secondary N) is 1. The molecule has 1 aromatic carbocycles. The lowest BCUT2D eigenvalue weighted by Crippen LogP contribution is -2.18. The van der Waals surface area contributed by atoms with E-state index in [0.29, 0.717) is 0 Å². The van der Waals surface area contributed by atoms with E-state index in [1.165, 1.54) is 28.6 Å². The van der Waals surface area contributed by atoms with Gasteiger partial charge in [0.25, 0.3) is 0 Å². The van der Waals surface area contributed by atoms with Crippen LogP contribution < -0.4 is 5.32 Å². The summed E-state index contributed by atoms with van der Waals surface area (Å²) in [5.41, 5.74) is 2.71. The Labute approximate surface area is 125 Å².